The van der Waals surface area contributed by atoms with Gasteiger partial charge in [-0.05, 0) is 98.5 Å². The summed E-state index contributed by atoms with van der Waals surface area (Å²) in [6.45, 7) is 14.6. The summed E-state index contributed by atoms with van der Waals surface area (Å²) in [5.74, 6) is -2.36. The molecule has 10 N–H and O–H groups in total. The van der Waals surface area contributed by atoms with Crippen LogP contribution in [0.5, 0.6) is 0 Å². The highest BCUT2D eigenvalue weighted by molar-refractivity contribution is 5.97. The Morgan fingerprint density at radius 3 is 2.33 bits per heavy atom. The molecule has 20 atom stereocenters. The first-order valence-corrected chi connectivity index (χ1v) is 29.5. The second kappa shape index (κ2) is 27.0. The molecule has 8 aliphatic rings. The molecule has 81 heavy (non-hydrogen) atoms. The fourth-order valence-corrected chi connectivity index (χ4v) is 13.5. The number of nitrogens with one attached hydrogen (secondary N) is 4. The first-order valence-electron chi connectivity index (χ1n) is 29.5. The molecule has 1 aromatic carbocycles. The van der Waals surface area contributed by atoms with E-state index >= 15 is 0 Å². The number of carbonyl (C=O) groups is 5. The fourth-order valence-electron chi connectivity index (χ4n) is 13.5. The van der Waals surface area contributed by atoms with Crippen LogP contribution in [0.25, 0.3) is 0 Å². The number of alkyl carbamates (subject to hydrolysis) is 1. The van der Waals surface area contributed by atoms with E-state index in [9.17, 15) is 34.2 Å². The summed E-state index contributed by atoms with van der Waals surface area (Å²) in [4.78, 5) is 64.6. The Balaban J connectivity index is 0.817. The van der Waals surface area contributed by atoms with Crippen molar-refractivity contribution >= 4 is 35.4 Å². The molecule has 0 aromatic heterocycles. The molecular formula is C59H88N6O16. The van der Waals surface area contributed by atoms with E-state index in [1.807, 2.05) is 0 Å². The average Bonchev–Trinajstić information content (AvgIpc) is 4.21. The number of amides is 5. The van der Waals surface area contributed by atoms with Crippen molar-refractivity contribution in [1.82, 2.24) is 16.0 Å². The first kappa shape index (κ1) is 61.0. The zero-order valence-corrected chi connectivity index (χ0v) is 47.5. The second-order valence-corrected chi connectivity index (χ2v) is 24.4. The fraction of sp³-hybridized carbons (Fsp3) is 0.746. The lowest BCUT2D eigenvalue weighted by molar-refractivity contribution is -0.277. The van der Waals surface area contributed by atoms with Crippen LogP contribution in [0.15, 0.2) is 48.6 Å². The molecule has 5 amide bonds. The molecule has 0 aliphatic carbocycles. The van der Waals surface area contributed by atoms with E-state index in [0.717, 1.165) is 36.8 Å². The zero-order chi connectivity index (χ0) is 57.7. The number of methoxy groups -OCH3 is 1. The van der Waals surface area contributed by atoms with Gasteiger partial charge in [-0.15, -0.1) is 0 Å². The summed E-state index contributed by atoms with van der Waals surface area (Å²) < 4.78 is 59.0. The number of Topliss-reactive ketones (excluding diaryl/α,β-unsaturated/α-hetero) is 1. The normalized spacial score (nSPS) is 37.0. The SMILES string of the molecule is C=C1CC2CC[C@]34C[C@@H](O)C(O3)[C@H]3CC(O4)[C@H]4OC(CCC4O3)CC(=O)CC3C(CC4O[C@@H](CCC1O2)C[C@@H](C)C4=C)O[C@H](CC(O)CNC(=O)OCc1ccc(NC(=O)C(CCCNC(N)=O)NC(=O)[C@@H](N)C(C)C)cc1)[C@@H]3OC. The van der Waals surface area contributed by atoms with Crippen LogP contribution in [0, 0.1) is 17.8 Å². The van der Waals surface area contributed by atoms with Crippen LogP contribution in [-0.4, -0.2) is 170 Å². The molecule has 22 heteroatoms. The van der Waals surface area contributed by atoms with Gasteiger partial charge in [0.05, 0.1) is 85.4 Å². The van der Waals surface area contributed by atoms with Crippen molar-refractivity contribution in [2.45, 2.75) is 240 Å². The number of ether oxygens (including phenoxy) is 9. The molecule has 8 aliphatic heterocycles. The van der Waals surface area contributed by atoms with Gasteiger partial charge < -0.3 is 85.6 Å². The number of hydrogen-bond acceptors (Lipinski definition) is 17. The van der Waals surface area contributed by atoms with Crippen LogP contribution in [0.1, 0.15) is 129 Å². The maximum Gasteiger partial charge on any atom is 0.407 e. The summed E-state index contributed by atoms with van der Waals surface area (Å²) >= 11 is 0. The van der Waals surface area contributed by atoms with E-state index in [2.05, 4.69) is 41.3 Å². The minimum Gasteiger partial charge on any atom is -0.445 e. The summed E-state index contributed by atoms with van der Waals surface area (Å²) in [7, 11) is 1.59. The monoisotopic (exact) mass is 1140 g/mol. The number of primary amides is 1. The molecule has 0 saturated carbocycles. The number of ketones is 1. The molecule has 8 heterocycles. The summed E-state index contributed by atoms with van der Waals surface area (Å²) in [5, 5.41) is 33.3. The van der Waals surface area contributed by atoms with Gasteiger partial charge in [0, 0.05) is 76.8 Å². The molecule has 22 nitrogen and oxygen atoms in total. The van der Waals surface area contributed by atoms with Gasteiger partial charge in [0.2, 0.25) is 11.8 Å². The number of rotatable bonds is 16. The van der Waals surface area contributed by atoms with Crippen molar-refractivity contribution in [2.75, 3.05) is 25.5 Å². The third-order valence-electron chi connectivity index (χ3n) is 18.0. The highest BCUT2D eigenvalue weighted by Crippen LogP contribution is 2.49. The topological polar surface area (TPSA) is 309 Å². The van der Waals surface area contributed by atoms with Crippen LogP contribution in [0.3, 0.4) is 0 Å². The van der Waals surface area contributed by atoms with E-state index in [4.69, 9.17) is 54.1 Å². The Morgan fingerprint density at radius 2 is 1.58 bits per heavy atom. The van der Waals surface area contributed by atoms with Gasteiger partial charge in [-0.1, -0.05) is 46.1 Å². The molecule has 1 spiro atoms. The minimum atomic E-state index is -1.07. The number of anilines is 1. The van der Waals surface area contributed by atoms with Crippen molar-refractivity contribution in [1.29, 1.82) is 0 Å². The predicted octanol–water partition coefficient (Wildman–Crippen LogP) is 4.24. The Kier molecular flexibility index (Phi) is 20.3. The highest BCUT2D eigenvalue weighted by atomic mass is 16.7. The lowest BCUT2D eigenvalue weighted by Gasteiger charge is -2.47. The number of aliphatic hydroxyl groups excluding tert-OH is 2. The van der Waals surface area contributed by atoms with E-state index in [1.165, 1.54) is 0 Å². The third kappa shape index (κ3) is 15.2. The molecule has 10 bridgehead atoms. The largest absolute Gasteiger partial charge is 0.445 e. The first-order chi connectivity index (χ1) is 38.7. The Morgan fingerprint density at radius 1 is 0.827 bits per heavy atom. The van der Waals surface area contributed by atoms with Gasteiger partial charge >= 0.3 is 12.1 Å². The van der Waals surface area contributed by atoms with Gasteiger partial charge in [0.25, 0.3) is 0 Å². The molecule has 9 rings (SSSR count). The van der Waals surface area contributed by atoms with Crippen molar-refractivity contribution < 1.29 is 76.8 Å². The maximum absolute atomic E-state index is 14.4. The summed E-state index contributed by atoms with van der Waals surface area (Å²) in [5.41, 5.74) is 14.3. The van der Waals surface area contributed by atoms with Gasteiger partial charge in [-0.2, -0.15) is 0 Å². The molecule has 0 radical (unpaired) electrons. The molecular weight excluding hydrogens is 1050 g/mol. The van der Waals surface area contributed by atoms with Crippen molar-refractivity contribution in [3.8, 4) is 0 Å². The zero-order valence-electron chi connectivity index (χ0n) is 47.5. The number of carbonyl (C=O) groups excluding carboxylic acids is 5. The molecule has 8 fully saturated rings. The van der Waals surface area contributed by atoms with E-state index < -0.39 is 90.5 Å². The molecule has 11 unspecified atom stereocenters. The molecule has 8 saturated heterocycles. The number of hydrogen-bond donors (Lipinski definition) is 8. The standard InChI is InChI=1S/C59H88N6O16/c1-30(2)51(60)56(70)65-42(8-7-19-62-57(61)71)55(69)64-35-11-9-34(10-12-35)29-74-58(72)63-28-37(67)24-48-52(73-6)41-23-36(66)22-39-14-16-45-54(77-39)50-26-49(78-45)53-43(68)27-59(80-50,81-53)18-17-40-21-32(4)44(75-40)15-13-38-20-31(3)33(5)46(76-38)25-47(41)79-48/h9-12,30-31,37-54,67-68H,4-5,7-8,13-29,60H2,1-3,6H3,(H,63,72)(H,64,69)(H,65,70)(H3,61,62,71)/t31-,37?,38+,39?,40?,41?,42?,43-,44?,45?,46?,47?,48-,49-,50?,51+,52-,53?,54+,59-/m1/s1. The van der Waals surface area contributed by atoms with Gasteiger partial charge in [0.15, 0.2) is 5.79 Å². The quantitative estimate of drug-likeness (QED) is 0.0848. The average molecular weight is 1140 g/mol. The Labute approximate surface area is 475 Å². The highest BCUT2D eigenvalue weighted by Gasteiger charge is 2.60. The molecule has 1 aromatic rings. The second-order valence-electron chi connectivity index (χ2n) is 24.4. The maximum atomic E-state index is 14.4. The van der Waals surface area contributed by atoms with E-state index in [1.54, 1.807) is 45.2 Å². The number of benzene rings is 1. The smallest absolute Gasteiger partial charge is 0.407 e. The number of nitrogens with two attached hydrogens (primary N) is 2. The molecule has 450 valence electrons. The van der Waals surface area contributed by atoms with Crippen LogP contribution in [0.2, 0.25) is 0 Å². The van der Waals surface area contributed by atoms with E-state index in [-0.39, 0.29) is 112 Å². The number of urea groups is 1. The van der Waals surface area contributed by atoms with Crippen LogP contribution in [-0.2, 0) is 63.6 Å². The Bertz CT molecular complexity index is 2400. The predicted molar refractivity (Wildman–Crippen MR) is 294 cm³/mol. The minimum absolute atomic E-state index is 0.000137. The van der Waals surface area contributed by atoms with Crippen LogP contribution < -0.4 is 32.7 Å². The van der Waals surface area contributed by atoms with Gasteiger partial charge in [0.1, 0.15) is 30.6 Å². The van der Waals surface area contributed by atoms with Crippen LogP contribution in [0.4, 0.5) is 15.3 Å². The van der Waals surface area contributed by atoms with Crippen molar-refractivity contribution in [3.05, 3.63) is 54.1 Å². The summed E-state index contributed by atoms with van der Waals surface area (Å²) in [6.07, 6.45) is 0.680. The number of fused-ring (bicyclic) bond motifs is 9. The van der Waals surface area contributed by atoms with Gasteiger partial charge in [-0.3, -0.25) is 14.4 Å². The van der Waals surface area contributed by atoms with Crippen LogP contribution >= 0.6 is 0 Å². The third-order valence-corrected chi connectivity index (χ3v) is 18.0. The van der Waals surface area contributed by atoms with Crippen molar-refractivity contribution in [3.63, 3.8) is 0 Å². The lowest BCUT2D eigenvalue weighted by Crippen LogP contribution is -2.58. The van der Waals surface area contributed by atoms with Gasteiger partial charge in [-0.25, -0.2) is 9.59 Å². The lowest BCUT2D eigenvalue weighted by atomic mass is 9.81. The Hall–Kier alpha value is -4.59. The summed E-state index contributed by atoms with van der Waals surface area (Å²) in [6, 6.07) is 4.15. The van der Waals surface area contributed by atoms with E-state index in [0.29, 0.717) is 62.6 Å². The number of aliphatic hydroxyl groups is 2. The van der Waals surface area contributed by atoms with Crippen molar-refractivity contribution in [2.24, 2.45) is 29.2 Å².